The van der Waals surface area contributed by atoms with Crippen molar-refractivity contribution in [3.63, 3.8) is 0 Å². The van der Waals surface area contributed by atoms with Crippen molar-refractivity contribution in [2.24, 2.45) is 0 Å². The highest BCUT2D eigenvalue weighted by Gasteiger charge is 2.49. The molecule has 2 aromatic carbocycles. The Morgan fingerprint density at radius 1 is 0.636 bits per heavy atom. The molecule has 0 amide bonds. The molecule has 1 aliphatic carbocycles. The Kier molecular flexibility index (Phi) is 2.93. The summed E-state index contributed by atoms with van der Waals surface area (Å²) in [4.78, 5) is 11.4. The van der Waals surface area contributed by atoms with E-state index in [1.807, 2.05) is 12.2 Å². The maximum Gasteiger partial charge on any atom is 0.147 e. The summed E-state index contributed by atoms with van der Waals surface area (Å²) in [6, 6.07) is 12.5. The summed E-state index contributed by atoms with van der Waals surface area (Å²) >= 11 is 0. The third kappa shape index (κ3) is 1.99. The summed E-state index contributed by atoms with van der Waals surface area (Å²) in [6.45, 7) is 0. The second kappa shape index (κ2) is 4.73. The van der Waals surface area contributed by atoms with Gasteiger partial charge in [-0.2, -0.15) is 0 Å². The zero-order valence-corrected chi connectivity index (χ0v) is 11.8. The van der Waals surface area contributed by atoms with Crippen LogP contribution < -0.4 is 0 Å². The van der Waals surface area contributed by atoms with Crippen LogP contribution in [0.15, 0.2) is 60.7 Å². The van der Waals surface area contributed by atoms with E-state index in [1.54, 1.807) is 24.3 Å². The number of hydrogen-bond donors (Lipinski definition) is 0. The molecular weight excluding hydrogens is 286 g/mol. The lowest BCUT2D eigenvalue weighted by atomic mass is 9.75. The number of fused-ring (bicyclic) bond motifs is 2. The van der Waals surface area contributed by atoms with Gasteiger partial charge in [-0.3, -0.25) is 0 Å². The Morgan fingerprint density at radius 2 is 1.00 bits per heavy atom. The lowest BCUT2D eigenvalue weighted by Crippen LogP contribution is -2.46. The van der Waals surface area contributed by atoms with E-state index < -0.39 is 11.2 Å². The second-order valence-electron chi connectivity index (χ2n) is 5.79. The average Bonchev–Trinajstić information content (AvgIpc) is 2.57. The van der Waals surface area contributed by atoms with E-state index >= 15 is 0 Å². The minimum atomic E-state index is -0.671. The van der Waals surface area contributed by atoms with Gasteiger partial charge in [0.25, 0.3) is 0 Å². The molecule has 0 radical (unpaired) electrons. The molecule has 2 nitrogen and oxygen atoms in total. The minimum Gasteiger partial charge on any atom is -0.220 e. The molecule has 3 aliphatic rings. The Morgan fingerprint density at radius 3 is 1.27 bits per heavy atom. The fourth-order valence-electron chi connectivity index (χ4n) is 3.14. The van der Waals surface area contributed by atoms with Crippen LogP contribution in [0.1, 0.15) is 24.0 Å². The van der Waals surface area contributed by atoms with Gasteiger partial charge in [-0.1, -0.05) is 24.3 Å². The number of halogens is 2. The van der Waals surface area contributed by atoms with Gasteiger partial charge in [0, 0.05) is 0 Å². The first-order valence-corrected chi connectivity index (χ1v) is 7.21. The quantitative estimate of drug-likeness (QED) is 0.606. The van der Waals surface area contributed by atoms with Crippen LogP contribution in [0.5, 0.6) is 0 Å². The van der Waals surface area contributed by atoms with Gasteiger partial charge < -0.3 is 0 Å². The van der Waals surface area contributed by atoms with Crippen molar-refractivity contribution < 1.29 is 18.6 Å². The van der Waals surface area contributed by atoms with E-state index in [9.17, 15) is 8.78 Å². The molecule has 2 bridgehead atoms. The van der Waals surface area contributed by atoms with Crippen LogP contribution in [0, 0.1) is 11.6 Å². The number of benzene rings is 2. The van der Waals surface area contributed by atoms with Gasteiger partial charge in [0.05, 0.1) is 0 Å². The summed E-state index contributed by atoms with van der Waals surface area (Å²) in [5, 5.41) is 0. The van der Waals surface area contributed by atoms with Crippen LogP contribution in [0.25, 0.3) is 0 Å². The van der Waals surface area contributed by atoms with Crippen molar-refractivity contribution in [1.29, 1.82) is 0 Å². The predicted molar refractivity (Wildman–Crippen MR) is 76.7 cm³/mol. The third-order valence-electron chi connectivity index (χ3n) is 4.49. The van der Waals surface area contributed by atoms with Crippen molar-refractivity contribution in [2.45, 2.75) is 24.0 Å². The first-order chi connectivity index (χ1) is 10.6. The Balaban J connectivity index is 1.70. The Labute approximate surface area is 126 Å². The van der Waals surface area contributed by atoms with Crippen LogP contribution in [0.2, 0.25) is 0 Å². The molecule has 1 fully saturated rings. The van der Waals surface area contributed by atoms with E-state index in [0.717, 1.165) is 11.1 Å². The lowest BCUT2D eigenvalue weighted by molar-refractivity contribution is -0.437. The highest BCUT2D eigenvalue weighted by Crippen LogP contribution is 2.51. The smallest absolute Gasteiger partial charge is 0.147 e. The fraction of sp³-hybridized carbons (Fsp3) is 0.222. The molecule has 1 saturated heterocycles. The van der Waals surface area contributed by atoms with Crippen molar-refractivity contribution in [3.8, 4) is 0 Å². The maximum atomic E-state index is 13.1. The summed E-state index contributed by atoms with van der Waals surface area (Å²) in [5.41, 5.74) is 0.375. The molecule has 2 atom stereocenters. The molecule has 0 N–H and O–H groups in total. The van der Waals surface area contributed by atoms with Gasteiger partial charge in [0.1, 0.15) is 22.8 Å². The molecule has 0 spiro atoms. The maximum absolute atomic E-state index is 13.1. The zero-order valence-electron chi connectivity index (χ0n) is 11.8. The normalized spacial score (nSPS) is 29.7. The molecule has 0 unspecified atom stereocenters. The van der Waals surface area contributed by atoms with E-state index in [2.05, 4.69) is 0 Å². The average molecular weight is 300 g/mol. The minimum absolute atomic E-state index is 0.280. The molecule has 4 heteroatoms. The van der Waals surface area contributed by atoms with Crippen molar-refractivity contribution in [3.05, 3.63) is 83.4 Å². The first-order valence-electron chi connectivity index (χ1n) is 7.21. The SMILES string of the molecule is Fc1ccc([C@@]23C=C[C@@](c4ccc(F)cc4)(CC2)OO3)cc1. The molecule has 2 heterocycles. The summed E-state index contributed by atoms with van der Waals surface area (Å²) < 4.78 is 26.2. The Bertz CT molecular complexity index is 648. The van der Waals surface area contributed by atoms with Crippen LogP contribution in [0.3, 0.4) is 0 Å². The van der Waals surface area contributed by atoms with Gasteiger partial charge in [-0.15, -0.1) is 0 Å². The largest absolute Gasteiger partial charge is 0.220 e. The molecule has 0 saturated carbocycles. The topological polar surface area (TPSA) is 18.5 Å². The Hall–Kier alpha value is -2.04. The molecule has 0 aromatic heterocycles. The van der Waals surface area contributed by atoms with E-state index in [4.69, 9.17) is 9.78 Å². The van der Waals surface area contributed by atoms with Crippen LogP contribution >= 0.6 is 0 Å². The van der Waals surface area contributed by atoms with Crippen molar-refractivity contribution in [1.82, 2.24) is 0 Å². The van der Waals surface area contributed by atoms with Crippen molar-refractivity contribution >= 4 is 0 Å². The highest BCUT2D eigenvalue weighted by atomic mass is 19.1. The highest BCUT2D eigenvalue weighted by molar-refractivity contribution is 5.37. The number of hydrogen-bond acceptors (Lipinski definition) is 2. The van der Waals surface area contributed by atoms with E-state index in [0.29, 0.717) is 12.8 Å². The van der Waals surface area contributed by atoms with Crippen LogP contribution in [-0.2, 0) is 21.0 Å². The second-order valence-corrected chi connectivity index (χ2v) is 5.79. The monoisotopic (exact) mass is 300 g/mol. The van der Waals surface area contributed by atoms with Gasteiger partial charge >= 0.3 is 0 Å². The predicted octanol–water partition coefficient (Wildman–Crippen LogP) is 4.37. The molecular formula is C18H14F2O2. The molecule has 112 valence electrons. The summed E-state index contributed by atoms with van der Waals surface area (Å²) in [5.74, 6) is -0.561. The van der Waals surface area contributed by atoms with E-state index in [-0.39, 0.29) is 11.6 Å². The number of rotatable bonds is 2. The first kappa shape index (κ1) is 13.6. The van der Waals surface area contributed by atoms with Gasteiger partial charge in [0.2, 0.25) is 0 Å². The van der Waals surface area contributed by atoms with Gasteiger partial charge in [0.15, 0.2) is 0 Å². The molecule has 2 aromatic rings. The van der Waals surface area contributed by atoms with Crippen molar-refractivity contribution in [2.75, 3.05) is 0 Å². The van der Waals surface area contributed by atoms with Gasteiger partial charge in [-0.05, 0) is 60.4 Å². The lowest BCUT2D eigenvalue weighted by Gasteiger charge is -2.47. The summed E-state index contributed by atoms with van der Waals surface area (Å²) in [7, 11) is 0. The van der Waals surface area contributed by atoms with Crippen LogP contribution in [0.4, 0.5) is 8.78 Å². The standard InChI is InChI=1S/C18H14F2O2/c19-15-5-1-13(2-6-15)17-9-11-18(12-10-17,22-21-17)14-3-7-16(20)8-4-14/h1-9,11H,10,12H2/t17-,18+. The van der Waals surface area contributed by atoms with E-state index in [1.165, 1.54) is 24.3 Å². The summed E-state index contributed by atoms with van der Waals surface area (Å²) in [6.07, 6.45) is 5.34. The third-order valence-corrected chi connectivity index (χ3v) is 4.49. The molecule has 22 heavy (non-hydrogen) atoms. The van der Waals surface area contributed by atoms with Crippen LogP contribution in [-0.4, -0.2) is 0 Å². The molecule has 5 rings (SSSR count). The fourth-order valence-corrected chi connectivity index (χ4v) is 3.14. The molecule has 2 aliphatic heterocycles. The van der Waals surface area contributed by atoms with Gasteiger partial charge in [-0.25, -0.2) is 18.6 Å². The zero-order chi connectivity index (χ0) is 15.2.